The molecule has 1 aromatic carbocycles. The van der Waals surface area contributed by atoms with E-state index in [9.17, 15) is 0 Å². The van der Waals surface area contributed by atoms with Crippen molar-refractivity contribution in [1.29, 1.82) is 0 Å². The van der Waals surface area contributed by atoms with Crippen LogP contribution in [0.1, 0.15) is 26.7 Å². The average molecular weight is 285 g/mol. The number of fused-ring (bicyclic) bond motifs is 1. The van der Waals surface area contributed by atoms with E-state index in [1.807, 2.05) is 30.5 Å². The fraction of sp³-hybridized carbons (Fsp3) is 0.462. The lowest BCUT2D eigenvalue weighted by Crippen LogP contribution is -2.10. The summed E-state index contributed by atoms with van der Waals surface area (Å²) in [5.41, 5.74) is 1.52. The molecule has 0 aliphatic rings. The highest BCUT2D eigenvalue weighted by Gasteiger charge is 2.23. The molecule has 0 N–H and O–H groups in total. The Morgan fingerprint density at radius 2 is 1.94 bits per heavy atom. The van der Waals surface area contributed by atoms with Crippen molar-refractivity contribution in [3.05, 3.63) is 23.0 Å². The summed E-state index contributed by atoms with van der Waals surface area (Å²) in [6, 6.07) is 3.76. The summed E-state index contributed by atoms with van der Waals surface area (Å²) in [6.07, 6.45) is 0. The molecule has 0 atom stereocenters. The van der Waals surface area contributed by atoms with Gasteiger partial charge in [-0.05, 0) is 38.2 Å². The van der Waals surface area contributed by atoms with Crippen molar-refractivity contribution in [3.8, 4) is 0 Å². The molecular formula is C13H17ClN2OS. The molecule has 0 fully saturated rings. The highest BCUT2D eigenvalue weighted by molar-refractivity contribution is 7.97. The van der Waals surface area contributed by atoms with E-state index in [-0.39, 0.29) is 5.41 Å². The van der Waals surface area contributed by atoms with Crippen LogP contribution in [-0.2, 0) is 5.41 Å². The Hall–Kier alpha value is -0.710. The van der Waals surface area contributed by atoms with Crippen LogP contribution in [0.2, 0.25) is 5.02 Å². The third-order valence-electron chi connectivity index (χ3n) is 2.38. The summed E-state index contributed by atoms with van der Waals surface area (Å²) in [6.45, 7) is 6.24. The van der Waals surface area contributed by atoms with Crippen molar-refractivity contribution in [3.63, 3.8) is 0 Å². The summed E-state index contributed by atoms with van der Waals surface area (Å²) < 4.78 is 7.89. The number of aromatic nitrogens is 1. The van der Waals surface area contributed by atoms with Crippen LogP contribution in [-0.4, -0.2) is 23.4 Å². The van der Waals surface area contributed by atoms with Crippen molar-refractivity contribution in [2.24, 2.45) is 0 Å². The van der Waals surface area contributed by atoms with Crippen molar-refractivity contribution in [2.45, 2.75) is 31.1 Å². The molecule has 0 spiro atoms. The molecule has 1 heterocycles. The maximum absolute atomic E-state index is 6.24. The summed E-state index contributed by atoms with van der Waals surface area (Å²) in [5, 5.41) is 0.692. The molecule has 0 aliphatic heterocycles. The van der Waals surface area contributed by atoms with Gasteiger partial charge in [0.15, 0.2) is 5.58 Å². The first-order valence-corrected chi connectivity index (χ1v) is 6.89. The van der Waals surface area contributed by atoms with Crippen molar-refractivity contribution >= 4 is 34.6 Å². The van der Waals surface area contributed by atoms with E-state index in [0.29, 0.717) is 5.02 Å². The van der Waals surface area contributed by atoms with Crippen LogP contribution in [0.5, 0.6) is 0 Å². The Morgan fingerprint density at radius 3 is 2.50 bits per heavy atom. The van der Waals surface area contributed by atoms with Crippen LogP contribution < -0.4 is 0 Å². The van der Waals surface area contributed by atoms with Crippen LogP contribution in [0.3, 0.4) is 0 Å². The predicted molar refractivity (Wildman–Crippen MR) is 77.3 cm³/mol. The molecule has 0 saturated heterocycles. The van der Waals surface area contributed by atoms with Gasteiger partial charge in [0.1, 0.15) is 5.52 Å². The fourth-order valence-electron chi connectivity index (χ4n) is 1.53. The molecule has 0 bridgehead atoms. The second-order valence-corrected chi connectivity index (χ2v) is 7.13. The average Bonchev–Trinajstić information content (AvgIpc) is 2.65. The van der Waals surface area contributed by atoms with E-state index in [2.05, 4.69) is 25.8 Å². The number of hydrogen-bond donors (Lipinski definition) is 0. The topological polar surface area (TPSA) is 29.3 Å². The summed E-state index contributed by atoms with van der Waals surface area (Å²) >= 11 is 7.78. The molecule has 98 valence electrons. The normalized spacial score (nSPS) is 12.6. The van der Waals surface area contributed by atoms with Crippen LogP contribution in [0.15, 0.2) is 21.4 Å². The zero-order valence-corrected chi connectivity index (χ0v) is 12.8. The summed E-state index contributed by atoms with van der Waals surface area (Å²) in [7, 11) is 3.95. The third-order valence-corrected chi connectivity index (χ3v) is 3.76. The first kappa shape index (κ1) is 13.7. The van der Waals surface area contributed by atoms with Gasteiger partial charge in [0.05, 0.1) is 9.92 Å². The van der Waals surface area contributed by atoms with Gasteiger partial charge in [-0.15, -0.1) is 0 Å². The summed E-state index contributed by atoms with van der Waals surface area (Å²) in [4.78, 5) is 5.45. The minimum atomic E-state index is -0.106. The zero-order valence-electron chi connectivity index (χ0n) is 11.2. The Kier molecular flexibility index (Phi) is 3.63. The number of hydrogen-bond acceptors (Lipinski definition) is 4. The Labute approximate surface area is 117 Å². The highest BCUT2D eigenvalue weighted by atomic mass is 35.5. The number of benzene rings is 1. The van der Waals surface area contributed by atoms with Gasteiger partial charge in [-0.3, -0.25) is 4.31 Å². The van der Waals surface area contributed by atoms with Gasteiger partial charge in [-0.2, -0.15) is 0 Å². The van der Waals surface area contributed by atoms with Crippen LogP contribution in [0.25, 0.3) is 11.1 Å². The van der Waals surface area contributed by atoms with E-state index in [1.54, 1.807) is 11.9 Å². The fourth-order valence-corrected chi connectivity index (χ4v) is 2.53. The molecule has 2 aromatic rings. The van der Waals surface area contributed by atoms with Gasteiger partial charge in [-0.25, -0.2) is 4.98 Å². The molecule has 2 rings (SSSR count). The Bertz CT molecular complexity index is 572. The van der Waals surface area contributed by atoms with Crippen LogP contribution in [0, 0.1) is 0 Å². The molecule has 0 aliphatic carbocycles. The predicted octanol–water partition coefficient (Wildman–Crippen LogP) is 4.35. The first-order chi connectivity index (χ1) is 8.29. The SMILES string of the molecule is CN(C)Sc1c(Cl)ccc2nc(C(C)(C)C)oc12. The molecule has 0 unspecified atom stereocenters. The molecule has 0 radical (unpaired) electrons. The number of rotatable bonds is 2. The highest BCUT2D eigenvalue weighted by Crippen LogP contribution is 2.37. The minimum Gasteiger partial charge on any atom is -0.439 e. The smallest absolute Gasteiger partial charge is 0.200 e. The van der Waals surface area contributed by atoms with Crippen molar-refractivity contribution < 1.29 is 4.42 Å². The lowest BCUT2D eigenvalue weighted by Gasteiger charge is -2.12. The molecule has 1 aromatic heterocycles. The standard InChI is InChI=1S/C13H17ClN2OS/c1-13(2,3)12-15-9-7-6-8(14)11(10(9)17-12)18-16(4)5/h6-7H,1-5H3. The molecule has 0 saturated carbocycles. The van der Waals surface area contributed by atoms with E-state index in [4.69, 9.17) is 16.0 Å². The quantitative estimate of drug-likeness (QED) is 0.767. The number of oxazole rings is 1. The van der Waals surface area contributed by atoms with Gasteiger partial charge < -0.3 is 4.42 Å². The Morgan fingerprint density at radius 1 is 1.28 bits per heavy atom. The molecule has 3 nitrogen and oxygen atoms in total. The molecule has 5 heteroatoms. The minimum absolute atomic E-state index is 0.106. The molecule has 0 amide bonds. The monoisotopic (exact) mass is 284 g/mol. The van der Waals surface area contributed by atoms with Crippen molar-refractivity contribution in [2.75, 3.05) is 14.1 Å². The molecule has 18 heavy (non-hydrogen) atoms. The van der Waals surface area contributed by atoms with Gasteiger partial charge in [-0.1, -0.05) is 32.4 Å². The van der Waals surface area contributed by atoms with Gasteiger partial charge in [0.25, 0.3) is 0 Å². The van der Waals surface area contributed by atoms with Crippen LogP contribution >= 0.6 is 23.5 Å². The maximum Gasteiger partial charge on any atom is 0.200 e. The van der Waals surface area contributed by atoms with Crippen LogP contribution in [0.4, 0.5) is 0 Å². The van der Waals surface area contributed by atoms with E-state index < -0.39 is 0 Å². The number of nitrogens with zero attached hydrogens (tertiary/aromatic N) is 2. The molecular weight excluding hydrogens is 268 g/mol. The lowest BCUT2D eigenvalue weighted by atomic mass is 9.97. The first-order valence-electron chi connectivity index (χ1n) is 5.74. The van der Waals surface area contributed by atoms with Crippen molar-refractivity contribution in [1.82, 2.24) is 9.29 Å². The largest absolute Gasteiger partial charge is 0.439 e. The van der Waals surface area contributed by atoms with E-state index in [0.717, 1.165) is 21.9 Å². The maximum atomic E-state index is 6.24. The third kappa shape index (κ3) is 2.66. The van der Waals surface area contributed by atoms with Gasteiger partial charge in [0.2, 0.25) is 5.89 Å². The summed E-state index contributed by atoms with van der Waals surface area (Å²) in [5.74, 6) is 0.736. The Balaban J connectivity index is 2.61. The van der Waals surface area contributed by atoms with E-state index >= 15 is 0 Å². The second-order valence-electron chi connectivity index (χ2n) is 5.40. The number of halogens is 1. The lowest BCUT2D eigenvalue weighted by molar-refractivity contribution is 0.408. The van der Waals surface area contributed by atoms with E-state index in [1.165, 1.54) is 0 Å². The van der Waals surface area contributed by atoms with Gasteiger partial charge >= 0.3 is 0 Å². The second kappa shape index (κ2) is 4.76. The zero-order chi connectivity index (χ0) is 13.5. The van der Waals surface area contributed by atoms with Gasteiger partial charge in [0, 0.05) is 5.41 Å².